The average Bonchev–Trinajstić information content (AvgIpc) is 2.91. The molecule has 0 spiro atoms. The van der Waals surface area contributed by atoms with E-state index in [2.05, 4.69) is 34.7 Å². The van der Waals surface area contributed by atoms with Crippen molar-refractivity contribution in [1.82, 2.24) is 15.5 Å². The lowest BCUT2D eigenvalue weighted by Crippen LogP contribution is -2.33. The van der Waals surface area contributed by atoms with E-state index in [1.807, 2.05) is 31.2 Å². The third-order valence-corrected chi connectivity index (χ3v) is 5.07. The van der Waals surface area contributed by atoms with Crippen molar-refractivity contribution in [1.29, 1.82) is 0 Å². The number of carbonyl (C=O) groups is 1. The molecule has 2 aromatic rings. The molecule has 1 atom stereocenters. The summed E-state index contributed by atoms with van der Waals surface area (Å²) in [5, 5.41) is 15.4. The van der Waals surface area contributed by atoms with Gasteiger partial charge in [-0.3, -0.25) is 4.79 Å². The minimum atomic E-state index is -0.208. The highest BCUT2D eigenvalue weighted by Gasteiger charge is 2.17. The monoisotopic (exact) mass is 370 g/mol. The number of hydrogen-bond donors (Lipinski definition) is 2. The van der Waals surface area contributed by atoms with Crippen molar-refractivity contribution in [2.45, 2.75) is 30.4 Å². The first-order valence-electron chi connectivity index (χ1n) is 7.24. The van der Waals surface area contributed by atoms with E-state index in [9.17, 15) is 4.79 Å². The van der Waals surface area contributed by atoms with Crippen molar-refractivity contribution in [2.75, 3.05) is 11.9 Å². The van der Waals surface area contributed by atoms with Crippen LogP contribution >= 0.6 is 34.7 Å². The average molecular weight is 371 g/mol. The molecule has 5 nitrogen and oxygen atoms in total. The maximum Gasteiger partial charge on any atom is 0.233 e. The van der Waals surface area contributed by atoms with E-state index >= 15 is 0 Å². The molecule has 0 fully saturated rings. The van der Waals surface area contributed by atoms with Gasteiger partial charge in [0.2, 0.25) is 11.0 Å². The Kier molecular flexibility index (Phi) is 6.68. The molecule has 23 heavy (non-hydrogen) atoms. The maximum atomic E-state index is 12.0. The van der Waals surface area contributed by atoms with Gasteiger partial charge in [-0.25, -0.2) is 0 Å². The minimum absolute atomic E-state index is 0.0169. The van der Waals surface area contributed by atoms with E-state index in [1.54, 1.807) is 0 Å². The molecule has 1 aromatic heterocycles. The van der Waals surface area contributed by atoms with Gasteiger partial charge in [0.15, 0.2) is 4.34 Å². The lowest BCUT2D eigenvalue weighted by atomic mass is 10.2. The Morgan fingerprint density at radius 1 is 1.35 bits per heavy atom. The normalized spacial score (nSPS) is 12.2. The fourth-order valence-corrected chi connectivity index (χ4v) is 3.78. The van der Waals surface area contributed by atoms with E-state index in [-0.39, 0.29) is 11.2 Å². The van der Waals surface area contributed by atoms with Crippen molar-refractivity contribution in [3.8, 4) is 0 Å². The first-order valence-corrected chi connectivity index (χ1v) is 9.32. The molecule has 1 aromatic carbocycles. The van der Waals surface area contributed by atoms with Gasteiger partial charge < -0.3 is 10.6 Å². The highest BCUT2D eigenvalue weighted by atomic mass is 35.5. The van der Waals surface area contributed by atoms with Crippen molar-refractivity contribution in [3.05, 3.63) is 29.3 Å². The lowest BCUT2D eigenvalue weighted by molar-refractivity contribution is -0.120. The van der Waals surface area contributed by atoms with E-state index < -0.39 is 0 Å². The molecule has 2 N–H and O–H groups in total. The van der Waals surface area contributed by atoms with Crippen LogP contribution in [0.1, 0.15) is 20.8 Å². The summed E-state index contributed by atoms with van der Waals surface area (Å²) in [5.41, 5.74) is 0.855. The molecule has 1 heterocycles. The molecule has 0 saturated carbocycles. The highest BCUT2D eigenvalue weighted by Crippen LogP contribution is 2.30. The molecule has 8 heteroatoms. The zero-order valence-corrected chi connectivity index (χ0v) is 15.6. The highest BCUT2D eigenvalue weighted by molar-refractivity contribution is 8.02. The summed E-state index contributed by atoms with van der Waals surface area (Å²) in [6, 6.07) is 7.40. The van der Waals surface area contributed by atoms with Crippen LogP contribution in [0.15, 0.2) is 28.6 Å². The smallest absolute Gasteiger partial charge is 0.233 e. The third kappa shape index (κ3) is 6.01. The van der Waals surface area contributed by atoms with Gasteiger partial charge >= 0.3 is 0 Å². The van der Waals surface area contributed by atoms with Gasteiger partial charge in [0, 0.05) is 17.3 Å². The van der Waals surface area contributed by atoms with Gasteiger partial charge in [0.25, 0.3) is 0 Å². The number of hydrogen-bond acceptors (Lipinski definition) is 6. The summed E-state index contributed by atoms with van der Waals surface area (Å²) in [7, 11) is 0. The largest absolute Gasteiger partial charge is 0.355 e. The van der Waals surface area contributed by atoms with Gasteiger partial charge in [-0.1, -0.05) is 54.6 Å². The van der Waals surface area contributed by atoms with Crippen LogP contribution in [0.4, 0.5) is 10.8 Å². The fourth-order valence-electron chi connectivity index (χ4n) is 1.65. The molecular formula is C15H19ClN4OS2. The molecule has 0 aliphatic rings. The molecule has 0 aliphatic heterocycles. The Balaban J connectivity index is 1.90. The molecule has 2 rings (SSSR count). The van der Waals surface area contributed by atoms with Crippen LogP contribution in [-0.4, -0.2) is 27.9 Å². The van der Waals surface area contributed by atoms with Crippen LogP contribution < -0.4 is 10.6 Å². The second-order valence-corrected chi connectivity index (χ2v) is 8.41. The van der Waals surface area contributed by atoms with Gasteiger partial charge in [0.05, 0.1) is 5.25 Å². The number of nitrogens with zero attached hydrogens (tertiary/aromatic N) is 2. The number of anilines is 2. The van der Waals surface area contributed by atoms with Gasteiger partial charge in [-0.2, -0.15) is 0 Å². The molecule has 0 bridgehead atoms. The number of benzene rings is 1. The second-order valence-electron chi connectivity index (χ2n) is 5.41. The van der Waals surface area contributed by atoms with Gasteiger partial charge in [-0.05, 0) is 31.0 Å². The van der Waals surface area contributed by atoms with Crippen molar-refractivity contribution < 1.29 is 4.79 Å². The molecule has 0 saturated heterocycles. The Bertz CT molecular complexity index is 662. The predicted octanol–water partition coefficient (Wildman–Crippen LogP) is 4.19. The minimum Gasteiger partial charge on any atom is -0.355 e. The predicted molar refractivity (Wildman–Crippen MR) is 97.8 cm³/mol. The molecule has 0 aliphatic carbocycles. The SMILES string of the molecule is CC(C)CNC(=O)[C@H](C)Sc1nnc(Nc2cccc(Cl)c2)s1. The van der Waals surface area contributed by atoms with Crippen molar-refractivity contribution in [3.63, 3.8) is 0 Å². The molecule has 124 valence electrons. The topological polar surface area (TPSA) is 66.9 Å². The second kappa shape index (κ2) is 8.52. The van der Waals surface area contributed by atoms with E-state index in [0.29, 0.717) is 22.6 Å². The Labute approximate surface area is 149 Å². The number of rotatable bonds is 7. The van der Waals surface area contributed by atoms with Crippen LogP contribution in [0.3, 0.4) is 0 Å². The van der Waals surface area contributed by atoms with Crippen molar-refractivity contribution >= 4 is 51.4 Å². The third-order valence-electron chi connectivity index (χ3n) is 2.81. The van der Waals surface area contributed by atoms with Crippen LogP contribution in [0.2, 0.25) is 5.02 Å². The quantitative estimate of drug-likeness (QED) is 0.715. The summed E-state index contributed by atoms with van der Waals surface area (Å²) in [4.78, 5) is 12.0. The summed E-state index contributed by atoms with van der Waals surface area (Å²) in [5.74, 6) is 0.453. The van der Waals surface area contributed by atoms with Crippen LogP contribution in [0.25, 0.3) is 0 Å². The first-order chi connectivity index (χ1) is 10.9. The number of carbonyl (C=O) groups excluding carboxylic acids is 1. The van der Waals surface area contributed by atoms with Crippen molar-refractivity contribution in [2.24, 2.45) is 5.92 Å². The first kappa shape index (κ1) is 18.0. The summed E-state index contributed by atoms with van der Waals surface area (Å²) >= 11 is 8.77. The fraction of sp³-hybridized carbons (Fsp3) is 0.400. The molecular weight excluding hydrogens is 352 g/mol. The number of thioether (sulfide) groups is 1. The number of aromatic nitrogens is 2. The summed E-state index contributed by atoms with van der Waals surface area (Å²) in [6.45, 7) is 6.68. The molecule has 0 unspecified atom stereocenters. The van der Waals surface area contributed by atoms with Crippen LogP contribution in [-0.2, 0) is 4.79 Å². The van der Waals surface area contributed by atoms with Gasteiger partial charge in [0.1, 0.15) is 0 Å². The van der Waals surface area contributed by atoms with E-state index in [0.717, 1.165) is 10.0 Å². The summed E-state index contributed by atoms with van der Waals surface area (Å²) in [6.07, 6.45) is 0. The Morgan fingerprint density at radius 3 is 2.83 bits per heavy atom. The van der Waals surface area contributed by atoms with Gasteiger partial charge in [-0.15, -0.1) is 10.2 Å². The van der Waals surface area contributed by atoms with E-state index in [1.165, 1.54) is 23.1 Å². The standard InChI is InChI=1S/C15H19ClN4OS2/c1-9(2)8-17-13(21)10(3)22-15-20-19-14(23-15)18-12-6-4-5-11(16)7-12/h4-7,9-10H,8H2,1-3H3,(H,17,21)(H,18,19)/t10-/m0/s1. The Morgan fingerprint density at radius 2 is 2.13 bits per heavy atom. The maximum absolute atomic E-state index is 12.0. The zero-order valence-electron chi connectivity index (χ0n) is 13.2. The lowest BCUT2D eigenvalue weighted by Gasteiger charge is -2.11. The molecule has 1 amide bonds. The van der Waals surface area contributed by atoms with Crippen LogP contribution in [0.5, 0.6) is 0 Å². The number of halogens is 1. The molecule has 0 radical (unpaired) electrons. The van der Waals surface area contributed by atoms with E-state index in [4.69, 9.17) is 11.6 Å². The Hall–Kier alpha value is -1.31. The number of amides is 1. The zero-order chi connectivity index (χ0) is 16.8. The number of nitrogens with one attached hydrogen (secondary N) is 2. The summed E-state index contributed by atoms with van der Waals surface area (Å²) < 4.78 is 0.752. The van der Waals surface area contributed by atoms with Crippen LogP contribution in [0, 0.1) is 5.92 Å².